The van der Waals surface area contributed by atoms with E-state index in [1.54, 1.807) is 36.5 Å². The SMILES string of the molecule is COc1nc(-c2cccc(-c3cccc(Nc4nccc5nccnc45)c3Cl)c2Cl)ccc1C(C)(N)N1CCCC1=O. The lowest BCUT2D eigenvalue weighted by molar-refractivity contribution is -0.133. The third-order valence-electron chi connectivity index (χ3n) is 7.44. The smallest absolute Gasteiger partial charge is 0.224 e. The molecule has 0 spiro atoms. The molecule has 1 aliphatic rings. The Morgan fingerprint density at radius 1 is 0.929 bits per heavy atom. The van der Waals surface area contributed by atoms with Crippen molar-refractivity contribution >= 4 is 51.6 Å². The molecule has 1 saturated heterocycles. The second-order valence-electron chi connectivity index (χ2n) is 10.1. The molecule has 0 radical (unpaired) electrons. The van der Waals surface area contributed by atoms with Crippen LogP contribution in [-0.4, -0.2) is 44.4 Å². The van der Waals surface area contributed by atoms with E-state index >= 15 is 0 Å². The largest absolute Gasteiger partial charge is 0.481 e. The molecule has 1 aliphatic heterocycles. The summed E-state index contributed by atoms with van der Waals surface area (Å²) in [6.07, 6.45) is 6.17. The van der Waals surface area contributed by atoms with Gasteiger partial charge in [0.15, 0.2) is 5.82 Å². The minimum Gasteiger partial charge on any atom is -0.481 e. The Hall–Kier alpha value is -4.31. The monoisotopic (exact) mass is 599 g/mol. The van der Waals surface area contributed by atoms with Crippen LogP contribution >= 0.6 is 23.2 Å². The molecule has 1 amide bonds. The highest BCUT2D eigenvalue weighted by Crippen LogP contribution is 2.43. The molecule has 0 saturated carbocycles. The zero-order chi connectivity index (χ0) is 29.4. The number of amides is 1. The molecular weight excluding hydrogens is 573 g/mol. The van der Waals surface area contributed by atoms with Crippen molar-refractivity contribution in [2.75, 3.05) is 19.0 Å². The highest BCUT2D eigenvalue weighted by atomic mass is 35.5. The number of benzene rings is 2. The highest BCUT2D eigenvalue weighted by molar-refractivity contribution is 6.39. The van der Waals surface area contributed by atoms with E-state index in [2.05, 4.69) is 20.3 Å². The Balaban J connectivity index is 1.37. The average Bonchev–Trinajstić information content (AvgIpc) is 3.45. The van der Waals surface area contributed by atoms with Crippen molar-refractivity contribution in [2.45, 2.75) is 25.4 Å². The number of nitrogens with one attached hydrogen (secondary N) is 1. The van der Waals surface area contributed by atoms with E-state index in [0.29, 0.717) is 68.3 Å². The molecule has 3 aromatic heterocycles. The van der Waals surface area contributed by atoms with Gasteiger partial charge in [0.25, 0.3) is 0 Å². The number of carbonyl (C=O) groups is 1. The number of pyridine rings is 2. The van der Waals surface area contributed by atoms with Gasteiger partial charge in [-0.05, 0) is 37.6 Å². The molecular formula is C31H27Cl2N7O2. The number of hydrogen-bond acceptors (Lipinski definition) is 8. The normalized spacial score (nSPS) is 14.7. The third kappa shape index (κ3) is 4.89. The van der Waals surface area contributed by atoms with Gasteiger partial charge in [0, 0.05) is 48.2 Å². The van der Waals surface area contributed by atoms with E-state index in [0.717, 1.165) is 17.5 Å². The van der Waals surface area contributed by atoms with Gasteiger partial charge in [-0.25, -0.2) is 15.0 Å². The first kappa shape index (κ1) is 27.8. The van der Waals surface area contributed by atoms with Crippen LogP contribution in [0, 0.1) is 0 Å². The van der Waals surface area contributed by atoms with Crippen LogP contribution in [0.1, 0.15) is 25.3 Å². The zero-order valence-electron chi connectivity index (χ0n) is 22.9. The van der Waals surface area contributed by atoms with E-state index in [4.69, 9.17) is 38.7 Å². The molecule has 0 aliphatic carbocycles. The van der Waals surface area contributed by atoms with Crippen LogP contribution in [0.2, 0.25) is 10.0 Å². The minimum absolute atomic E-state index is 0.0136. The molecule has 1 fully saturated rings. The van der Waals surface area contributed by atoms with Gasteiger partial charge in [0.2, 0.25) is 11.8 Å². The van der Waals surface area contributed by atoms with Crippen molar-refractivity contribution in [1.82, 2.24) is 24.8 Å². The predicted molar refractivity (Wildman–Crippen MR) is 165 cm³/mol. The quantitative estimate of drug-likeness (QED) is 0.215. The summed E-state index contributed by atoms with van der Waals surface area (Å²) in [5.41, 5.74) is 10.9. The molecule has 42 heavy (non-hydrogen) atoms. The first-order chi connectivity index (χ1) is 20.3. The van der Waals surface area contributed by atoms with Crippen molar-refractivity contribution in [1.29, 1.82) is 0 Å². The van der Waals surface area contributed by atoms with Crippen molar-refractivity contribution in [3.63, 3.8) is 0 Å². The Labute approximate surface area is 252 Å². The first-order valence-corrected chi connectivity index (χ1v) is 14.1. The number of nitrogens with two attached hydrogens (primary N) is 1. The fourth-order valence-corrected chi connectivity index (χ4v) is 5.91. The molecule has 6 rings (SSSR count). The maximum Gasteiger partial charge on any atom is 0.224 e. The predicted octanol–water partition coefficient (Wildman–Crippen LogP) is 6.57. The standard InChI is InChI=1S/C31H27Cl2N7O2/c1-31(34,40-17-5-10-25(40)41)21-11-12-22(39-30(21)42-2)20-8-3-6-18(26(20)32)19-7-4-9-23(27(19)33)38-29-28-24(13-14-37-29)35-15-16-36-28/h3-4,6-9,11-16H,5,10,17,34H2,1-2H3,(H,37,38). The lowest BCUT2D eigenvalue weighted by Gasteiger charge is -2.36. The second kappa shape index (κ2) is 11.2. The Bertz CT molecular complexity index is 1820. The van der Waals surface area contributed by atoms with Gasteiger partial charge >= 0.3 is 0 Å². The number of rotatable bonds is 7. The number of likely N-dealkylation sites (tertiary alicyclic amines) is 1. The molecule has 0 bridgehead atoms. The van der Waals surface area contributed by atoms with E-state index in [1.165, 1.54) is 7.11 Å². The fraction of sp³-hybridized carbons (Fsp3) is 0.194. The Kier molecular flexibility index (Phi) is 7.40. The van der Waals surface area contributed by atoms with Gasteiger partial charge < -0.3 is 20.7 Å². The van der Waals surface area contributed by atoms with Crippen LogP contribution in [0.25, 0.3) is 33.4 Å². The van der Waals surface area contributed by atoms with E-state index in [9.17, 15) is 4.79 Å². The van der Waals surface area contributed by atoms with Crippen LogP contribution in [-0.2, 0) is 10.5 Å². The Morgan fingerprint density at radius 3 is 2.43 bits per heavy atom. The molecule has 11 heteroatoms. The number of ether oxygens (including phenoxy) is 1. The molecule has 1 atom stereocenters. The van der Waals surface area contributed by atoms with Gasteiger partial charge in [0.05, 0.1) is 39.6 Å². The van der Waals surface area contributed by atoms with E-state index < -0.39 is 5.66 Å². The van der Waals surface area contributed by atoms with Gasteiger partial charge in [0.1, 0.15) is 11.2 Å². The summed E-state index contributed by atoms with van der Waals surface area (Å²) < 4.78 is 5.65. The summed E-state index contributed by atoms with van der Waals surface area (Å²) in [7, 11) is 1.53. The molecule has 212 valence electrons. The first-order valence-electron chi connectivity index (χ1n) is 13.3. The lowest BCUT2D eigenvalue weighted by atomic mass is 9.98. The van der Waals surface area contributed by atoms with Crippen molar-refractivity contribution < 1.29 is 9.53 Å². The lowest BCUT2D eigenvalue weighted by Crippen LogP contribution is -2.51. The van der Waals surface area contributed by atoms with Gasteiger partial charge in [-0.2, -0.15) is 0 Å². The minimum atomic E-state index is -1.07. The maximum absolute atomic E-state index is 12.5. The van der Waals surface area contributed by atoms with Crippen molar-refractivity contribution in [2.24, 2.45) is 5.73 Å². The summed E-state index contributed by atoms with van der Waals surface area (Å²) in [6, 6.07) is 16.8. The highest BCUT2D eigenvalue weighted by Gasteiger charge is 2.38. The van der Waals surface area contributed by atoms with Crippen molar-refractivity contribution in [3.8, 4) is 28.3 Å². The summed E-state index contributed by atoms with van der Waals surface area (Å²) in [5.74, 6) is 0.881. The number of carbonyl (C=O) groups excluding carboxylic acids is 1. The molecule has 4 heterocycles. The number of nitrogens with zero attached hydrogens (tertiary/aromatic N) is 5. The molecule has 3 N–H and O–H groups in total. The number of hydrogen-bond donors (Lipinski definition) is 2. The van der Waals surface area contributed by atoms with Gasteiger partial charge in [-0.3, -0.25) is 9.78 Å². The summed E-state index contributed by atoms with van der Waals surface area (Å²) in [4.78, 5) is 32.1. The summed E-state index contributed by atoms with van der Waals surface area (Å²) in [5, 5.41) is 4.23. The average molecular weight is 601 g/mol. The van der Waals surface area contributed by atoms with E-state index in [-0.39, 0.29) is 5.91 Å². The molecule has 9 nitrogen and oxygen atoms in total. The number of methoxy groups -OCH3 is 1. The fourth-order valence-electron chi connectivity index (χ4n) is 5.31. The van der Waals surface area contributed by atoms with Crippen LogP contribution in [0.4, 0.5) is 11.5 Å². The van der Waals surface area contributed by atoms with Crippen LogP contribution in [0.5, 0.6) is 5.88 Å². The molecule has 1 unspecified atom stereocenters. The van der Waals surface area contributed by atoms with E-state index in [1.807, 2.05) is 48.5 Å². The van der Waals surface area contributed by atoms with Crippen molar-refractivity contribution in [3.05, 3.63) is 88.8 Å². The topological polar surface area (TPSA) is 119 Å². The summed E-state index contributed by atoms with van der Waals surface area (Å²) in [6.45, 7) is 2.38. The number of halogens is 2. The maximum atomic E-state index is 12.5. The summed E-state index contributed by atoms with van der Waals surface area (Å²) >= 11 is 14.0. The van der Waals surface area contributed by atoms with Gasteiger partial charge in [-0.15, -0.1) is 0 Å². The molecule has 2 aromatic carbocycles. The Morgan fingerprint density at radius 2 is 1.67 bits per heavy atom. The van der Waals surface area contributed by atoms with Crippen LogP contribution < -0.4 is 15.8 Å². The second-order valence-corrected chi connectivity index (χ2v) is 10.8. The zero-order valence-corrected chi connectivity index (χ0v) is 24.4. The van der Waals surface area contributed by atoms with Crippen LogP contribution in [0.15, 0.2) is 73.2 Å². The third-order valence-corrected chi connectivity index (χ3v) is 8.25. The number of aromatic nitrogens is 4. The van der Waals surface area contributed by atoms with Crippen LogP contribution in [0.3, 0.4) is 0 Å². The number of anilines is 2. The van der Waals surface area contributed by atoms with Gasteiger partial charge in [-0.1, -0.05) is 53.5 Å². The molecule has 5 aromatic rings. The number of fused-ring (bicyclic) bond motifs is 1.